The van der Waals surface area contributed by atoms with E-state index in [0.29, 0.717) is 12.5 Å². The van der Waals surface area contributed by atoms with Crippen LogP contribution >= 0.6 is 0 Å². The number of hydrogen-bond acceptors (Lipinski definition) is 3. The van der Waals surface area contributed by atoms with E-state index in [1.54, 1.807) is 13.8 Å². The molecular formula is C20H24N2O2. The molecule has 4 nitrogen and oxygen atoms in total. The Balaban J connectivity index is 1.79. The number of benzene rings is 1. The summed E-state index contributed by atoms with van der Waals surface area (Å²) >= 11 is 0. The molecular weight excluding hydrogens is 300 g/mol. The normalized spacial score (nSPS) is 21.5. The van der Waals surface area contributed by atoms with Gasteiger partial charge in [0.05, 0.1) is 22.7 Å². The van der Waals surface area contributed by atoms with Gasteiger partial charge < -0.3 is 10.0 Å². The Bertz CT molecular complexity index is 790. The highest BCUT2D eigenvalue weighted by Gasteiger charge is 2.39. The molecule has 126 valence electrons. The molecule has 1 saturated heterocycles. The van der Waals surface area contributed by atoms with Crippen LogP contribution in [0.4, 0.5) is 0 Å². The zero-order valence-corrected chi connectivity index (χ0v) is 14.3. The van der Waals surface area contributed by atoms with Crippen LogP contribution in [-0.4, -0.2) is 39.1 Å². The molecule has 2 aliphatic rings. The maximum atomic E-state index is 13.3. The fourth-order valence-electron chi connectivity index (χ4n) is 3.86. The van der Waals surface area contributed by atoms with Gasteiger partial charge in [-0.05, 0) is 51.7 Å². The van der Waals surface area contributed by atoms with Crippen LogP contribution in [0, 0.1) is 0 Å². The van der Waals surface area contributed by atoms with Gasteiger partial charge in [0.25, 0.3) is 5.91 Å². The Morgan fingerprint density at radius 2 is 2.00 bits per heavy atom. The summed E-state index contributed by atoms with van der Waals surface area (Å²) in [6.07, 6.45) is 4.12. The number of likely N-dealkylation sites (tertiary alicyclic amines) is 1. The Kier molecular flexibility index (Phi) is 3.61. The van der Waals surface area contributed by atoms with Gasteiger partial charge in [0.2, 0.25) is 0 Å². The molecule has 1 aromatic carbocycles. The number of carbonyl (C=O) groups excluding carboxylic acids is 1. The van der Waals surface area contributed by atoms with Crippen LogP contribution in [0.2, 0.25) is 0 Å². The first-order valence-corrected chi connectivity index (χ1v) is 8.88. The summed E-state index contributed by atoms with van der Waals surface area (Å²) in [6, 6.07) is 9.74. The molecule has 1 aliphatic carbocycles. The molecule has 1 aliphatic heterocycles. The van der Waals surface area contributed by atoms with Crippen molar-refractivity contribution in [3.8, 4) is 0 Å². The number of carbonyl (C=O) groups is 1. The van der Waals surface area contributed by atoms with E-state index in [1.807, 2.05) is 35.2 Å². The second-order valence-electron chi connectivity index (χ2n) is 7.70. The maximum Gasteiger partial charge on any atom is 0.254 e. The predicted octanol–water partition coefficient (Wildman–Crippen LogP) is 3.49. The third-order valence-electron chi connectivity index (χ3n) is 5.29. The number of amides is 1. The van der Waals surface area contributed by atoms with Crippen LogP contribution in [0.25, 0.3) is 10.9 Å². The van der Waals surface area contributed by atoms with E-state index in [2.05, 4.69) is 0 Å². The summed E-state index contributed by atoms with van der Waals surface area (Å²) in [5, 5.41) is 11.4. The topological polar surface area (TPSA) is 53.4 Å². The van der Waals surface area contributed by atoms with Crippen LogP contribution in [0.5, 0.6) is 0 Å². The molecule has 2 aromatic rings. The van der Waals surface area contributed by atoms with Gasteiger partial charge in [0.15, 0.2) is 0 Å². The van der Waals surface area contributed by atoms with E-state index in [-0.39, 0.29) is 11.9 Å². The van der Waals surface area contributed by atoms with E-state index in [1.165, 1.54) is 0 Å². The lowest BCUT2D eigenvalue weighted by molar-refractivity contribution is 0.000404. The van der Waals surface area contributed by atoms with Gasteiger partial charge in [-0.1, -0.05) is 18.2 Å². The van der Waals surface area contributed by atoms with Crippen LogP contribution < -0.4 is 0 Å². The van der Waals surface area contributed by atoms with Crippen molar-refractivity contribution in [2.75, 3.05) is 6.54 Å². The first-order chi connectivity index (χ1) is 11.4. The van der Waals surface area contributed by atoms with Gasteiger partial charge in [0, 0.05) is 23.5 Å². The molecule has 4 heteroatoms. The zero-order valence-electron chi connectivity index (χ0n) is 14.3. The summed E-state index contributed by atoms with van der Waals surface area (Å²) in [5.41, 5.74) is 1.79. The molecule has 2 fully saturated rings. The van der Waals surface area contributed by atoms with Crippen LogP contribution in [0.1, 0.15) is 61.5 Å². The molecule has 24 heavy (non-hydrogen) atoms. The van der Waals surface area contributed by atoms with Crippen LogP contribution in [0.3, 0.4) is 0 Å². The average Bonchev–Trinajstić information content (AvgIpc) is 3.28. The fraction of sp³-hybridized carbons (Fsp3) is 0.500. The minimum Gasteiger partial charge on any atom is -0.388 e. The van der Waals surface area contributed by atoms with E-state index >= 15 is 0 Å². The van der Waals surface area contributed by atoms with Gasteiger partial charge in [-0.15, -0.1) is 0 Å². The summed E-state index contributed by atoms with van der Waals surface area (Å²) in [7, 11) is 0. The minimum absolute atomic E-state index is 0.0279. The lowest BCUT2D eigenvalue weighted by Crippen LogP contribution is -2.48. The van der Waals surface area contributed by atoms with Gasteiger partial charge in [-0.3, -0.25) is 9.78 Å². The molecule has 2 heterocycles. The van der Waals surface area contributed by atoms with E-state index < -0.39 is 5.60 Å². The quantitative estimate of drug-likeness (QED) is 0.940. The largest absolute Gasteiger partial charge is 0.388 e. The second kappa shape index (κ2) is 5.55. The second-order valence-corrected chi connectivity index (χ2v) is 7.70. The van der Waals surface area contributed by atoms with E-state index in [9.17, 15) is 9.90 Å². The van der Waals surface area contributed by atoms with Crippen molar-refractivity contribution in [1.29, 1.82) is 0 Å². The summed E-state index contributed by atoms with van der Waals surface area (Å²) in [5.74, 6) is 0.532. The number of nitrogens with zero attached hydrogens (tertiary/aromatic N) is 2. The van der Waals surface area contributed by atoms with Crippen molar-refractivity contribution in [1.82, 2.24) is 9.88 Å². The van der Waals surface area contributed by atoms with Crippen molar-refractivity contribution < 1.29 is 9.90 Å². The van der Waals surface area contributed by atoms with Crippen LogP contribution in [0.15, 0.2) is 30.3 Å². The maximum absolute atomic E-state index is 13.3. The SMILES string of the molecule is CC(C)(O)C1CCCN1C(=O)c1cc(C2CC2)nc2ccccc12. The first-order valence-electron chi connectivity index (χ1n) is 8.88. The highest BCUT2D eigenvalue weighted by Crippen LogP contribution is 2.40. The number of hydrogen-bond donors (Lipinski definition) is 1. The lowest BCUT2D eigenvalue weighted by Gasteiger charge is -2.34. The molecule has 1 N–H and O–H groups in total. The Morgan fingerprint density at radius 3 is 2.71 bits per heavy atom. The number of aromatic nitrogens is 1. The smallest absolute Gasteiger partial charge is 0.254 e. The zero-order chi connectivity index (χ0) is 16.9. The van der Waals surface area contributed by atoms with Gasteiger partial charge in [-0.25, -0.2) is 0 Å². The van der Waals surface area contributed by atoms with Gasteiger partial charge >= 0.3 is 0 Å². The predicted molar refractivity (Wildman–Crippen MR) is 94.1 cm³/mol. The summed E-state index contributed by atoms with van der Waals surface area (Å²) in [4.78, 5) is 19.9. The third-order valence-corrected chi connectivity index (χ3v) is 5.29. The van der Waals surface area contributed by atoms with E-state index in [0.717, 1.165) is 47.8 Å². The molecule has 1 amide bonds. The van der Waals surface area contributed by atoms with Crippen molar-refractivity contribution >= 4 is 16.8 Å². The van der Waals surface area contributed by atoms with Crippen LogP contribution in [-0.2, 0) is 0 Å². The van der Waals surface area contributed by atoms with Gasteiger partial charge in [0.1, 0.15) is 0 Å². The lowest BCUT2D eigenvalue weighted by atomic mass is 9.96. The van der Waals surface area contributed by atoms with Crippen molar-refractivity contribution in [3.05, 3.63) is 41.6 Å². The number of aliphatic hydroxyl groups is 1. The summed E-state index contributed by atoms with van der Waals surface area (Å²) < 4.78 is 0. The first kappa shape index (κ1) is 15.6. The average molecular weight is 324 g/mol. The molecule has 0 radical (unpaired) electrons. The standard InChI is InChI=1S/C20H24N2O2/c1-20(2,24)18-8-5-11-22(18)19(23)15-12-17(13-9-10-13)21-16-7-4-3-6-14(15)16/h3-4,6-7,12-13,18,24H,5,8-11H2,1-2H3. The Labute approximate surface area is 142 Å². The minimum atomic E-state index is -0.881. The third kappa shape index (κ3) is 2.69. The Morgan fingerprint density at radius 1 is 1.25 bits per heavy atom. The molecule has 1 saturated carbocycles. The van der Waals surface area contributed by atoms with Crippen molar-refractivity contribution in [2.24, 2.45) is 0 Å². The Hall–Kier alpha value is -1.94. The highest BCUT2D eigenvalue weighted by molar-refractivity contribution is 6.06. The number of para-hydroxylation sites is 1. The molecule has 0 bridgehead atoms. The highest BCUT2D eigenvalue weighted by atomic mass is 16.3. The van der Waals surface area contributed by atoms with Gasteiger partial charge in [-0.2, -0.15) is 0 Å². The van der Waals surface area contributed by atoms with Crippen molar-refractivity contribution in [2.45, 2.75) is 57.1 Å². The van der Waals surface area contributed by atoms with Crippen molar-refractivity contribution in [3.63, 3.8) is 0 Å². The number of rotatable bonds is 3. The summed E-state index contributed by atoms with van der Waals surface area (Å²) in [6.45, 7) is 4.30. The molecule has 1 unspecified atom stereocenters. The monoisotopic (exact) mass is 324 g/mol. The molecule has 1 aromatic heterocycles. The number of pyridine rings is 1. The molecule has 4 rings (SSSR count). The molecule has 0 spiro atoms. The van der Waals surface area contributed by atoms with E-state index in [4.69, 9.17) is 4.98 Å². The fourth-order valence-corrected chi connectivity index (χ4v) is 3.86. The molecule has 1 atom stereocenters. The number of fused-ring (bicyclic) bond motifs is 1.